The zero-order chi connectivity index (χ0) is 24.5. The van der Waals surface area contributed by atoms with E-state index in [2.05, 4.69) is 54.0 Å². The summed E-state index contributed by atoms with van der Waals surface area (Å²) in [7, 11) is 0. The number of nitrogens with two attached hydrogens (primary N) is 2. The van der Waals surface area contributed by atoms with E-state index in [4.69, 9.17) is 11.5 Å². The predicted molar refractivity (Wildman–Crippen MR) is 137 cm³/mol. The van der Waals surface area contributed by atoms with E-state index in [0.29, 0.717) is 24.8 Å². The fourth-order valence-corrected chi connectivity index (χ4v) is 2.91. The van der Waals surface area contributed by atoms with Crippen LogP contribution in [0.2, 0.25) is 0 Å². The van der Waals surface area contributed by atoms with E-state index in [0.717, 1.165) is 24.8 Å². The molecule has 7 heteroatoms. The molecule has 1 aliphatic rings. The maximum atomic E-state index is 10.5. The van der Waals surface area contributed by atoms with Crippen LogP contribution in [0.4, 0.5) is 0 Å². The topological polar surface area (TPSA) is 123 Å². The van der Waals surface area contributed by atoms with Crippen LogP contribution in [0.5, 0.6) is 0 Å². The lowest BCUT2D eigenvalue weighted by molar-refractivity contribution is 0.715. The third-order valence-electron chi connectivity index (χ3n) is 4.82. The highest BCUT2D eigenvalue weighted by Crippen LogP contribution is 2.30. The zero-order valence-corrected chi connectivity index (χ0v) is 20.4. The van der Waals surface area contributed by atoms with Gasteiger partial charge in [0.2, 0.25) is 0 Å². The van der Waals surface area contributed by atoms with Crippen molar-refractivity contribution in [2.75, 3.05) is 6.54 Å². The van der Waals surface area contributed by atoms with Crippen LogP contribution in [-0.4, -0.2) is 24.5 Å². The van der Waals surface area contributed by atoms with Gasteiger partial charge in [-0.3, -0.25) is 4.99 Å². The first-order valence-corrected chi connectivity index (χ1v) is 11.3. The molecule has 1 aromatic rings. The number of hydrogen-bond donors (Lipinski definition) is 2. The summed E-state index contributed by atoms with van der Waals surface area (Å²) in [6.07, 6.45) is 7.64. The number of aryl methyl sites for hydroxylation is 1. The van der Waals surface area contributed by atoms with Gasteiger partial charge in [-0.25, -0.2) is 0 Å². The Morgan fingerprint density at radius 1 is 1.22 bits per heavy atom. The summed E-state index contributed by atoms with van der Waals surface area (Å²) < 4.78 is 0. The van der Waals surface area contributed by atoms with E-state index < -0.39 is 0 Å². The second-order valence-corrected chi connectivity index (χ2v) is 8.27. The van der Waals surface area contributed by atoms with Gasteiger partial charge in [0, 0.05) is 12.1 Å². The summed E-state index contributed by atoms with van der Waals surface area (Å²) in [6.45, 7) is 14.2. The first-order chi connectivity index (χ1) is 15.2. The lowest BCUT2D eigenvalue weighted by Crippen LogP contribution is -2.23. The molecule has 178 valence electrons. The van der Waals surface area contributed by atoms with Crippen LogP contribution in [0.3, 0.4) is 0 Å². The van der Waals surface area contributed by atoms with Crippen LogP contribution >= 0.6 is 0 Å². The number of hydrogen-bond acceptors (Lipinski definition) is 6. The van der Waals surface area contributed by atoms with Crippen LogP contribution in [0.15, 0.2) is 57.8 Å². The molecule has 0 saturated carbocycles. The lowest BCUT2D eigenvalue weighted by atomic mass is 9.91. The molecule has 0 aliphatic heterocycles. The molecular weight excluding hydrogens is 402 g/mol. The van der Waals surface area contributed by atoms with Crippen LogP contribution in [0.1, 0.15) is 76.5 Å². The Morgan fingerprint density at radius 3 is 2.34 bits per heavy atom. The van der Waals surface area contributed by atoms with Crippen molar-refractivity contribution in [3.63, 3.8) is 0 Å². The van der Waals surface area contributed by atoms with Crippen molar-refractivity contribution in [2.45, 2.75) is 84.8 Å². The molecule has 0 fully saturated rings. The van der Waals surface area contributed by atoms with Gasteiger partial charge in [0.15, 0.2) is 0 Å². The van der Waals surface area contributed by atoms with E-state index in [1.165, 1.54) is 16.7 Å². The van der Waals surface area contributed by atoms with Crippen LogP contribution in [0, 0.1) is 9.81 Å². The highest BCUT2D eigenvalue weighted by atomic mass is 16.3. The maximum Gasteiger partial charge on any atom is 0.106 e. The summed E-state index contributed by atoms with van der Waals surface area (Å²) in [5.41, 5.74) is 16.3. The molecule has 7 nitrogen and oxygen atoms in total. The Morgan fingerprint density at radius 2 is 1.88 bits per heavy atom. The lowest BCUT2D eigenvalue weighted by Gasteiger charge is -2.17. The first-order valence-electron chi connectivity index (χ1n) is 11.3. The Bertz CT molecular complexity index is 762. The van der Waals surface area contributed by atoms with Crippen molar-refractivity contribution in [1.29, 1.82) is 0 Å². The molecule has 0 amide bonds. The molecule has 0 spiro atoms. The molecule has 0 heterocycles. The smallest absolute Gasteiger partial charge is 0.106 e. The standard InChI is InChI=1S/C17H23N3O.C4H7NO.C4H11N/c1-11(2)20-17(18)16-8-12(3)4-6-14-9-13(10-19-21)5-7-15(14)16;1-2-3-4-5-6;1-3-4(2)5/h5,7-9,11,16H,4,6,10H2,1-3H3,(H2,18,20);2H,1,3-4H2;4H,3,5H2,1-2H3/t;;4-/m..1/s1. The average Bonchev–Trinajstić information content (AvgIpc) is 2.91. The Kier molecular flexibility index (Phi) is 15.5. The molecule has 1 unspecified atom stereocenters. The largest absolute Gasteiger partial charge is 0.387 e. The maximum absolute atomic E-state index is 10.5. The molecule has 0 bridgehead atoms. The molecule has 0 saturated heterocycles. The molecule has 4 N–H and O–H groups in total. The molecule has 0 aromatic heterocycles. The van der Waals surface area contributed by atoms with Gasteiger partial charge in [-0.1, -0.05) is 53.2 Å². The van der Waals surface area contributed by atoms with Gasteiger partial charge in [0.05, 0.1) is 12.5 Å². The summed E-state index contributed by atoms with van der Waals surface area (Å²) in [4.78, 5) is 24.2. The zero-order valence-electron chi connectivity index (χ0n) is 20.4. The number of fused-ring (bicyclic) bond motifs is 1. The quantitative estimate of drug-likeness (QED) is 0.174. The summed E-state index contributed by atoms with van der Waals surface area (Å²) in [5, 5.41) is 5.58. The van der Waals surface area contributed by atoms with Crippen molar-refractivity contribution in [3.05, 3.63) is 69.0 Å². The van der Waals surface area contributed by atoms with Gasteiger partial charge in [-0.15, -0.1) is 6.58 Å². The van der Waals surface area contributed by atoms with Gasteiger partial charge in [-0.2, -0.15) is 9.81 Å². The van der Waals surface area contributed by atoms with Crippen LogP contribution in [0.25, 0.3) is 0 Å². The van der Waals surface area contributed by atoms with E-state index in [1.54, 1.807) is 6.08 Å². The predicted octanol–water partition coefficient (Wildman–Crippen LogP) is 5.77. The molecular formula is C25H41N5O2. The van der Waals surface area contributed by atoms with Crippen LogP contribution in [-0.2, 0) is 13.0 Å². The normalized spacial score (nSPS) is 16.2. The average molecular weight is 444 g/mol. The van der Waals surface area contributed by atoms with Crippen molar-refractivity contribution >= 4 is 5.84 Å². The molecule has 2 rings (SSSR count). The third kappa shape index (κ3) is 12.2. The highest BCUT2D eigenvalue weighted by molar-refractivity contribution is 5.90. The molecule has 2 atom stereocenters. The Labute approximate surface area is 193 Å². The fourth-order valence-electron chi connectivity index (χ4n) is 2.91. The van der Waals surface area contributed by atoms with Crippen molar-refractivity contribution < 1.29 is 0 Å². The van der Waals surface area contributed by atoms with E-state index >= 15 is 0 Å². The SMILES string of the molecule is C=CCCN=O.CC1=CC(C(N)=NC(C)C)c2ccc(CN=O)cc2CC1.CC[C@@H](C)N. The molecule has 1 aromatic carbocycles. The second-order valence-electron chi connectivity index (χ2n) is 8.27. The molecule has 0 radical (unpaired) electrons. The Balaban J connectivity index is 0.000000726. The monoisotopic (exact) mass is 443 g/mol. The number of aliphatic imine (C=N–C) groups is 1. The van der Waals surface area contributed by atoms with Gasteiger partial charge in [-0.05, 0) is 70.1 Å². The number of nitrogens with zero attached hydrogens (tertiary/aromatic N) is 3. The Hall–Kier alpha value is -2.67. The summed E-state index contributed by atoms with van der Waals surface area (Å²) >= 11 is 0. The first kappa shape index (κ1) is 29.3. The fraction of sp³-hybridized carbons (Fsp3) is 0.560. The molecule has 1 aliphatic carbocycles. The number of allylic oxidation sites excluding steroid dienone is 1. The number of benzene rings is 1. The van der Waals surface area contributed by atoms with Gasteiger partial charge < -0.3 is 11.5 Å². The number of nitroso groups, excluding NO2 is 2. The minimum Gasteiger partial charge on any atom is -0.387 e. The van der Waals surface area contributed by atoms with Gasteiger partial charge >= 0.3 is 0 Å². The number of amidine groups is 1. The highest BCUT2D eigenvalue weighted by Gasteiger charge is 2.20. The molecule has 32 heavy (non-hydrogen) atoms. The minimum absolute atomic E-state index is 0.0307. The minimum atomic E-state index is 0.0307. The van der Waals surface area contributed by atoms with Crippen molar-refractivity contribution in [3.8, 4) is 0 Å². The van der Waals surface area contributed by atoms with Crippen molar-refractivity contribution in [1.82, 2.24) is 0 Å². The summed E-state index contributed by atoms with van der Waals surface area (Å²) in [6, 6.07) is 6.68. The van der Waals surface area contributed by atoms with Crippen molar-refractivity contribution in [2.24, 2.45) is 26.8 Å². The van der Waals surface area contributed by atoms with E-state index in [1.807, 2.05) is 26.8 Å². The van der Waals surface area contributed by atoms with E-state index in [-0.39, 0.29) is 18.5 Å². The summed E-state index contributed by atoms with van der Waals surface area (Å²) in [5.74, 6) is 0.692. The van der Waals surface area contributed by atoms with Crippen LogP contribution < -0.4 is 11.5 Å². The number of rotatable bonds is 8. The van der Waals surface area contributed by atoms with E-state index in [9.17, 15) is 9.81 Å². The third-order valence-corrected chi connectivity index (χ3v) is 4.82. The second kappa shape index (κ2) is 17.0. The van der Waals surface area contributed by atoms with Gasteiger partial charge in [0.25, 0.3) is 0 Å². The van der Waals surface area contributed by atoms with Gasteiger partial charge in [0.1, 0.15) is 12.4 Å².